The van der Waals surface area contributed by atoms with Crippen LogP contribution in [0.5, 0.6) is 0 Å². The van der Waals surface area contributed by atoms with Gasteiger partial charge < -0.3 is 5.11 Å². The van der Waals surface area contributed by atoms with E-state index in [4.69, 9.17) is 5.11 Å². The fourth-order valence-electron chi connectivity index (χ4n) is 1.17. The Morgan fingerprint density at radius 1 is 1.40 bits per heavy atom. The van der Waals surface area contributed by atoms with E-state index in [-0.39, 0.29) is 18.3 Å². The second-order valence-electron chi connectivity index (χ2n) is 2.48. The van der Waals surface area contributed by atoms with Gasteiger partial charge >= 0.3 is 5.97 Å². The summed E-state index contributed by atoms with van der Waals surface area (Å²) in [5, 5.41) is 8.52. The molecule has 1 rings (SSSR count). The van der Waals surface area contributed by atoms with Gasteiger partial charge in [0.25, 0.3) is 0 Å². The van der Waals surface area contributed by atoms with Crippen LogP contribution >= 0.6 is 12.4 Å². The van der Waals surface area contributed by atoms with Crippen LogP contribution in [0, 0.1) is 12.3 Å². The van der Waals surface area contributed by atoms with E-state index >= 15 is 0 Å². The van der Waals surface area contributed by atoms with Crippen LogP contribution in [0.4, 0.5) is 0 Å². The van der Waals surface area contributed by atoms with E-state index in [1.54, 1.807) is 0 Å². The Labute approximate surface area is 67.0 Å². The maximum Gasteiger partial charge on any atom is 0.306 e. The molecular weight excluding hydrogens is 152 g/mol. The largest absolute Gasteiger partial charge is 0.481 e. The van der Waals surface area contributed by atoms with Crippen molar-refractivity contribution in [2.24, 2.45) is 5.92 Å². The summed E-state index contributed by atoms with van der Waals surface area (Å²) in [7, 11) is 0. The first-order chi connectivity index (χ1) is 4.30. The summed E-state index contributed by atoms with van der Waals surface area (Å²) in [6.45, 7) is 0. The van der Waals surface area contributed by atoms with Crippen LogP contribution in [0.15, 0.2) is 0 Å². The standard InChI is InChI=1S/C7H11O2.ClH/c8-7(9)6-4-2-1-3-5-6;/h1,6H,2-5H2,(H,8,9);1H. The van der Waals surface area contributed by atoms with E-state index in [0.29, 0.717) is 0 Å². The molecule has 1 aliphatic carbocycles. The quantitative estimate of drug-likeness (QED) is 0.641. The summed E-state index contributed by atoms with van der Waals surface area (Å²) in [6, 6.07) is 0. The molecule has 1 saturated carbocycles. The smallest absolute Gasteiger partial charge is 0.306 e. The van der Waals surface area contributed by atoms with Crippen molar-refractivity contribution in [3.63, 3.8) is 0 Å². The van der Waals surface area contributed by atoms with Crippen LogP contribution in [-0.4, -0.2) is 11.1 Å². The van der Waals surface area contributed by atoms with Gasteiger partial charge in [-0.2, -0.15) is 0 Å². The third-order valence-corrected chi connectivity index (χ3v) is 1.79. The third kappa shape index (κ3) is 2.56. The van der Waals surface area contributed by atoms with Gasteiger partial charge in [-0.15, -0.1) is 12.4 Å². The lowest BCUT2D eigenvalue weighted by molar-refractivity contribution is -0.142. The zero-order chi connectivity index (χ0) is 6.69. The van der Waals surface area contributed by atoms with Crippen LogP contribution in [0.25, 0.3) is 0 Å². The van der Waals surface area contributed by atoms with Crippen molar-refractivity contribution >= 4 is 18.4 Å². The van der Waals surface area contributed by atoms with Gasteiger partial charge in [0.1, 0.15) is 0 Å². The van der Waals surface area contributed by atoms with Gasteiger partial charge in [-0.3, -0.25) is 4.79 Å². The summed E-state index contributed by atoms with van der Waals surface area (Å²) in [5.41, 5.74) is 0. The predicted octanol–water partition coefficient (Wildman–Crippen LogP) is 1.89. The van der Waals surface area contributed by atoms with Gasteiger partial charge in [-0.05, 0) is 32.1 Å². The van der Waals surface area contributed by atoms with E-state index in [0.717, 1.165) is 25.7 Å². The van der Waals surface area contributed by atoms with Gasteiger partial charge in [-0.25, -0.2) is 0 Å². The highest BCUT2D eigenvalue weighted by Gasteiger charge is 2.19. The second kappa shape index (κ2) is 4.56. The molecule has 0 spiro atoms. The Bertz CT molecular complexity index is 108. The van der Waals surface area contributed by atoms with Crippen LogP contribution < -0.4 is 0 Å². The Balaban J connectivity index is 0.000000810. The second-order valence-corrected chi connectivity index (χ2v) is 2.48. The molecule has 0 saturated heterocycles. The third-order valence-electron chi connectivity index (χ3n) is 1.79. The fourth-order valence-corrected chi connectivity index (χ4v) is 1.17. The molecular formula is C7H12ClO2. The van der Waals surface area contributed by atoms with Gasteiger partial charge in [0, 0.05) is 0 Å². The zero-order valence-electron chi connectivity index (χ0n) is 5.75. The highest BCUT2D eigenvalue weighted by Crippen LogP contribution is 2.22. The normalized spacial score (nSPS) is 19.6. The summed E-state index contributed by atoms with van der Waals surface area (Å²) in [4.78, 5) is 10.3. The fraction of sp³-hybridized carbons (Fsp3) is 0.714. The Hall–Kier alpha value is -0.240. The number of carboxylic acid groups (broad SMARTS) is 1. The molecule has 0 heterocycles. The lowest BCUT2D eigenvalue weighted by Gasteiger charge is -2.16. The maximum absolute atomic E-state index is 10.3. The zero-order valence-corrected chi connectivity index (χ0v) is 6.56. The number of carboxylic acids is 1. The van der Waals surface area contributed by atoms with Crippen molar-refractivity contribution < 1.29 is 9.90 Å². The summed E-state index contributed by atoms with van der Waals surface area (Å²) < 4.78 is 0. The molecule has 1 fully saturated rings. The predicted molar refractivity (Wildman–Crippen MR) is 41.1 cm³/mol. The number of aliphatic carboxylic acids is 1. The van der Waals surface area contributed by atoms with Crippen LogP contribution in [-0.2, 0) is 4.79 Å². The molecule has 0 unspecified atom stereocenters. The molecule has 59 valence electrons. The number of carbonyl (C=O) groups is 1. The highest BCUT2D eigenvalue weighted by atomic mass is 35.5. The molecule has 10 heavy (non-hydrogen) atoms. The van der Waals surface area contributed by atoms with Crippen LogP contribution in [0.2, 0.25) is 0 Å². The molecule has 2 nitrogen and oxygen atoms in total. The Kier molecular flexibility index (Phi) is 4.45. The maximum atomic E-state index is 10.3. The van der Waals surface area contributed by atoms with E-state index in [1.807, 2.05) is 0 Å². The first-order valence-corrected chi connectivity index (χ1v) is 3.35. The molecule has 3 heteroatoms. The molecule has 0 aromatic heterocycles. The number of hydrogen-bond acceptors (Lipinski definition) is 1. The van der Waals surface area contributed by atoms with Gasteiger partial charge in [-0.1, -0.05) is 0 Å². The molecule has 1 radical (unpaired) electrons. The topological polar surface area (TPSA) is 37.3 Å². The minimum atomic E-state index is -0.622. The molecule has 0 aliphatic heterocycles. The highest BCUT2D eigenvalue weighted by molar-refractivity contribution is 5.85. The van der Waals surface area contributed by atoms with E-state index in [9.17, 15) is 4.79 Å². The van der Waals surface area contributed by atoms with Crippen molar-refractivity contribution in [1.29, 1.82) is 0 Å². The van der Waals surface area contributed by atoms with Crippen molar-refractivity contribution in [3.05, 3.63) is 6.42 Å². The molecule has 0 amide bonds. The average molecular weight is 164 g/mol. The van der Waals surface area contributed by atoms with Gasteiger partial charge in [0.2, 0.25) is 0 Å². The first-order valence-electron chi connectivity index (χ1n) is 3.35. The first kappa shape index (κ1) is 9.76. The van der Waals surface area contributed by atoms with E-state index < -0.39 is 5.97 Å². The number of rotatable bonds is 1. The van der Waals surface area contributed by atoms with Crippen molar-refractivity contribution in [2.45, 2.75) is 25.7 Å². The minimum Gasteiger partial charge on any atom is -0.481 e. The molecule has 0 aromatic rings. The lowest BCUT2D eigenvalue weighted by Crippen LogP contribution is -2.16. The van der Waals surface area contributed by atoms with Gasteiger partial charge in [0.15, 0.2) is 0 Å². The van der Waals surface area contributed by atoms with Crippen molar-refractivity contribution in [1.82, 2.24) is 0 Å². The Morgan fingerprint density at radius 3 is 2.20 bits per heavy atom. The molecule has 1 aliphatic rings. The minimum absolute atomic E-state index is 0. The lowest BCUT2D eigenvalue weighted by atomic mass is 9.90. The van der Waals surface area contributed by atoms with Crippen molar-refractivity contribution in [2.75, 3.05) is 0 Å². The summed E-state index contributed by atoms with van der Waals surface area (Å²) in [6.07, 6.45) is 5.82. The van der Waals surface area contributed by atoms with E-state index in [2.05, 4.69) is 6.42 Å². The Morgan fingerprint density at radius 2 is 1.90 bits per heavy atom. The van der Waals surface area contributed by atoms with E-state index in [1.165, 1.54) is 0 Å². The summed E-state index contributed by atoms with van der Waals surface area (Å²) >= 11 is 0. The summed E-state index contributed by atoms with van der Waals surface area (Å²) in [5.74, 6) is -0.682. The van der Waals surface area contributed by atoms with Crippen LogP contribution in [0.3, 0.4) is 0 Å². The monoisotopic (exact) mass is 163 g/mol. The average Bonchev–Trinajstić information content (AvgIpc) is 1.90. The van der Waals surface area contributed by atoms with Crippen molar-refractivity contribution in [3.8, 4) is 0 Å². The molecule has 0 bridgehead atoms. The van der Waals surface area contributed by atoms with Gasteiger partial charge in [0.05, 0.1) is 5.92 Å². The van der Waals surface area contributed by atoms with Crippen LogP contribution in [0.1, 0.15) is 25.7 Å². The molecule has 0 aromatic carbocycles. The molecule has 0 atom stereocenters. The number of hydrogen-bond donors (Lipinski definition) is 1. The number of halogens is 1. The molecule has 1 N–H and O–H groups in total. The SMILES string of the molecule is Cl.O=C(O)C1CC[CH]CC1.